The van der Waals surface area contributed by atoms with Crippen molar-refractivity contribution in [2.75, 3.05) is 6.54 Å². The van der Waals surface area contributed by atoms with Gasteiger partial charge in [-0.05, 0) is 18.4 Å². The molecule has 1 heterocycles. The molecule has 0 radical (unpaired) electrons. The van der Waals surface area contributed by atoms with Crippen LogP contribution in [0.3, 0.4) is 0 Å². The van der Waals surface area contributed by atoms with Crippen LogP contribution < -0.4 is 0 Å². The molecule has 0 bridgehead atoms. The average Bonchev–Trinajstić information content (AvgIpc) is 3.05. The lowest BCUT2D eigenvalue weighted by Crippen LogP contribution is -2.64. The number of benzene rings is 1. The fraction of sp³-hybridized carbons (Fsp3) is 0.529. The van der Waals surface area contributed by atoms with E-state index in [0.29, 0.717) is 19.6 Å². The van der Waals surface area contributed by atoms with Crippen molar-refractivity contribution in [3.05, 3.63) is 35.9 Å². The molecule has 1 aromatic rings. The highest BCUT2D eigenvalue weighted by atomic mass is 16.5. The van der Waals surface area contributed by atoms with Gasteiger partial charge in [0.2, 0.25) is 11.6 Å². The Labute approximate surface area is 125 Å². The summed E-state index contributed by atoms with van der Waals surface area (Å²) < 4.78 is 6.06. The minimum absolute atomic E-state index is 0.0297. The summed E-state index contributed by atoms with van der Waals surface area (Å²) >= 11 is 0. The maximum Gasteiger partial charge on any atom is 0.226 e. The zero-order chi connectivity index (χ0) is 14.7. The van der Waals surface area contributed by atoms with E-state index in [4.69, 9.17) is 4.74 Å². The average molecular weight is 287 g/mol. The van der Waals surface area contributed by atoms with Gasteiger partial charge in [0.1, 0.15) is 0 Å². The van der Waals surface area contributed by atoms with Crippen LogP contribution in [0.2, 0.25) is 0 Å². The summed E-state index contributed by atoms with van der Waals surface area (Å²) in [5, 5.41) is 0. The zero-order valence-corrected chi connectivity index (χ0v) is 12.2. The molecule has 0 unspecified atom stereocenters. The Kier molecular flexibility index (Phi) is 4.06. The highest BCUT2D eigenvalue weighted by Gasteiger charge is 2.51. The molecule has 4 heteroatoms. The van der Waals surface area contributed by atoms with Gasteiger partial charge in [0.15, 0.2) is 6.29 Å². The van der Waals surface area contributed by atoms with Gasteiger partial charge < -0.3 is 9.64 Å². The third-order valence-corrected chi connectivity index (χ3v) is 4.69. The van der Waals surface area contributed by atoms with E-state index in [-0.39, 0.29) is 11.8 Å². The Morgan fingerprint density at radius 2 is 1.95 bits per heavy atom. The Morgan fingerprint density at radius 3 is 2.48 bits per heavy atom. The molecule has 1 saturated heterocycles. The molecule has 1 aromatic carbocycles. The number of nitrogens with zero attached hydrogens (tertiary/aromatic N) is 1. The number of rotatable bonds is 6. The topological polar surface area (TPSA) is 46.6 Å². The predicted molar refractivity (Wildman–Crippen MR) is 78.3 cm³/mol. The molecule has 2 fully saturated rings. The van der Waals surface area contributed by atoms with E-state index in [1.165, 1.54) is 0 Å². The molecule has 0 aromatic heterocycles. The standard InChI is InChI=1S/C17H21NO3/c19-13-17(15-8-4-5-9-15,18-11-10-16(18)20)21-12-14-6-2-1-3-7-14/h1-3,6-7,13,15H,4-5,8-12H2/t17-/m0/s1. The lowest BCUT2D eigenvalue weighted by molar-refractivity contribution is -0.208. The molecule has 1 amide bonds. The summed E-state index contributed by atoms with van der Waals surface area (Å²) in [6.45, 7) is 0.989. The first-order valence-corrected chi connectivity index (χ1v) is 7.71. The predicted octanol–water partition coefficient (Wildman–Crippen LogP) is 2.52. The van der Waals surface area contributed by atoms with Crippen LogP contribution in [0.15, 0.2) is 30.3 Å². The number of β-lactam (4-membered cyclic amide) rings is 1. The van der Waals surface area contributed by atoms with Gasteiger partial charge in [-0.15, -0.1) is 0 Å². The van der Waals surface area contributed by atoms with E-state index < -0.39 is 5.72 Å². The van der Waals surface area contributed by atoms with Crippen molar-refractivity contribution >= 4 is 12.2 Å². The number of ether oxygens (including phenoxy) is 1. The summed E-state index contributed by atoms with van der Waals surface area (Å²) in [5.41, 5.74) is -0.0310. The van der Waals surface area contributed by atoms with E-state index in [2.05, 4.69) is 0 Å². The molecule has 1 saturated carbocycles. The maximum atomic E-state index is 11.9. The van der Waals surface area contributed by atoms with Crippen molar-refractivity contribution in [3.8, 4) is 0 Å². The third-order valence-electron chi connectivity index (χ3n) is 4.69. The molecule has 1 aliphatic heterocycles. The molecule has 112 valence electrons. The zero-order valence-electron chi connectivity index (χ0n) is 12.2. The number of carbonyl (C=O) groups excluding carboxylic acids is 2. The number of hydrogen-bond acceptors (Lipinski definition) is 3. The first-order valence-electron chi connectivity index (χ1n) is 7.71. The molecule has 3 rings (SSSR count). The highest BCUT2D eigenvalue weighted by Crippen LogP contribution is 2.40. The fourth-order valence-electron chi connectivity index (χ4n) is 3.41. The summed E-state index contributed by atoms with van der Waals surface area (Å²) in [5.74, 6) is 0.157. The molecule has 2 aliphatic rings. The third kappa shape index (κ3) is 2.60. The summed E-state index contributed by atoms with van der Waals surface area (Å²) in [4.78, 5) is 25.4. The summed E-state index contributed by atoms with van der Waals surface area (Å²) in [6.07, 6.45) is 5.52. The van der Waals surface area contributed by atoms with E-state index >= 15 is 0 Å². The first kappa shape index (κ1) is 14.3. The smallest absolute Gasteiger partial charge is 0.226 e. The fourth-order valence-corrected chi connectivity index (χ4v) is 3.41. The van der Waals surface area contributed by atoms with Crippen LogP contribution in [0.1, 0.15) is 37.7 Å². The molecule has 21 heavy (non-hydrogen) atoms. The second-order valence-corrected chi connectivity index (χ2v) is 5.92. The van der Waals surface area contributed by atoms with Crippen molar-refractivity contribution in [2.24, 2.45) is 5.92 Å². The van der Waals surface area contributed by atoms with E-state index in [1.807, 2.05) is 30.3 Å². The monoisotopic (exact) mass is 287 g/mol. The molecule has 1 aliphatic carbocycles. The van der Waals surface area contributed by atoms with Gasteiger partial charge in [-0.2, -0.15) is 0 Å². The number of amides is 1. The molecule has 0 spiro atoms. The quantitative estimate of drug-likeness (QED) is 0.596. The van der Waals surface area contributed by atoms with Crippen LogP contribution in [-0.4, -0.2) is 29.4 Å². The van der Waals surface area contributed by atoms with Crippen LogP contribution in [0.5, 0.6) is 0 Å². The van der Waals surface area contributed by atoms with Crippen LogP contribution in [0.4, 0.5) is 0 Å². The van der Waals surface area contributed by atoms with Gasteiger partial charge in [0.25, 0.3) is 0 Å². The number of hydrogen-bond donors (Lipinski definition) is 0. The maximum absolute atomic E-state index is 11.9. The van der Waals surface area contributed by atoms with Crippen molar-refractivity contribution in [1.29, 1.82) is 0 Å². The second-order valence-electron chi connectivity index (χ2n) is 5.92. The Hall–Kier alpha value is -1.68. The van der Waals surface area contributed by atoms with Crippen molar-refractivity contribution in [3.63, 3.8) is 0 Å². The highest BCUT2D eigenvalue weighted by molar-refractivity contribution is 5.86. The normalized spacial score (nSPS) is 21.9. The first-order chi connectivity index (χ1) is 10.3. The van der Waals surface area contributed by atoms with E-state index in [0.717, 1.165) is 37.5 Å². The number of likely N-dealkylation sites (tertiary alicyclic amines) is 1. The van der Waals surface area contributed by atoms with E-state index in [9.17, 15) is 9.59 Å². The molecule has 0 N–H and O–H groups in total. The molecule has 4 nitrogen and oxygen atoms in total. The number of aldehydes is 1. The molecule has 1 atom stereocenters. The Balaban J connectivity index is 1.80. The SMILES string of the molecule is O=C[C@](OCc1ccccc1)(C1CCCC1)N1CCC1=O. The lowest BCUT2D eigenvalue weighted by Gasteiger charge is -2.47. The van der Waals surface area contributed by atoms with Crippen molar-refractivity contribution in [1.82, 2.24) is 4.90 Å². The van der Waals surface area contributed by atoms with Gasteiger partial charge in [-0.25, -0.2) is 0 Å². The van der Waals surface area contributed by atoms with Crippen LogP contribution >= 0.6 is 0 Å². The van der Waals surface area contributed by atoms with Gasteiger partial charge in [-0.1, -0.05) is 43.2 Å². The second kappa shape index (κ2) is 5.98. The number of carbonyl (C=O) groups is 2. The lowest BCUT2D eigenvalue weighted by atomic mass is 9.90. The van der Waals surface area contributed by atoms with Gasteiger partial charge in [0.05, 0.1) is 6.61 Å². The van der Waals surface area contributed by atoms with Crippen LogP contribution in [0.25, 0.3) is 0 Å². The van der Waals surface area contributed by atoms with Crippen molar-refractivity contribution < 1.29 is 14.3 Å². The van der Waals surface area contributed by atoms with Crippen molar-refractivity contribution in [2.45, 2.75) is 44.4 Å². The van der Waals surface area contributed by atoms with E-state index in [1.54, 1.807) is 4.90 Å². The Bertz CT molecular complexity index is 510. The minimum atomic E-state index is -1.05. The molecular formula is C17H21NO3. The molecular weight excluding hydrogens is 266 g/mol. The van der Waals surface area contributed by atoms with Crippen LogP contribution in [-0.2, 0) is 20.9 Å². The van der Waals surface area contributed by atoms with Gasteiger partial charge in [0, 0.05) is 18.9 Å². The Morgan fingerprint density at radius 1 is 1.24 bits per heavy atom. The van der Waals surface area contributed by atoms with Crippen LogP contribution in [0, 0.1) is 5.92 Å². The summed E-state index contributed by atoms with van der Waals surface area (Å²) in [7, 11) is 0. The summed E-state index contributed by atoms with van der Waals surface area (Å²) in [6, 6.07) is 9.80. The minimum Gasteiger partial charge on any atom is -0.344 e. The van der Waals surface area contributed by atoms with Gasteiger partial charge >= 0.3 is 0 Å². The largest absolute Gasteiger partial charge is 0.344 e. The van der Waals surface area contributed by atoms with Gasteiger partial charge in [-0.3, -0.25) is 9.59 Å².